The largest absolute Gasteiger partial charge is 0.486 e. The van der Waals surface area contributed by atoms with E-state index < -0.39 is 42.6 Å². The van der Waals surface area contributed by atoms with Gasteiger partial charge in [0.25, 0.3) is 0 Å². The van der Waals surface area contributed by atoms with E-state index in [1.807, 2.05) is 126 Å². The van der Waals surface area contributed by atoms with E-state index in [9.17, 15) is 40.3 Å². The van der Waals surface area contributed by atoms with E-state index in [-0.39, 0.29) is 51.3 Å². The van der Waals surface area contributed by atoms with Gasteiger partial charge in [-0.2, -0.15) is 22.0 Å². The molecule has 12 nitrogen and oxygen atoms in total. The Morgan fingerprint density at radius 2 is 0.982 bits per heavy atom. The minimum atomic E-state index is -4.77. The van der Waals surface area contributed by atoms with Crippen LogP contribution in [-0.4, -0.2) is 76.2 Å². The van der Waals surface area contributed by atoms with Crippen LogP contribution in [0.2, 0.25) is 0 Å². The fourth-order valence-electron chi connectivity index (χ4n) is 15.6. The highest BCUT2D eigenvalue weighted by atomic mass is 19.4. The van der Waals surface area contributed by atoms with Crippen molar-refractivity contribution in [2.24, 2.45) is 16.2 Å². The number of halogens is 7. The third-order valence-electron chi connectivity index (χ3n) is 20.6. The number of carbonyl (C=O) groups is 4. The summed E-state index contributed by atoms with van der Waals surface area (Å²) in [6.07, 6.45) is 0.560. The molecule has 0 saturated heterocycles. The first-order valence-corrected chi connectivity index (χ1v) is 37.1. The Bertz CT molecular complexity index is 5510. The highest BCUT2D eigenvalue weighted by Gasteiger charge is 2.42. The molecule has 0 fully saturated rings. The van der Waals surface area contributed by atoms with E-state index in [0.29, 0.717) is 70.3 Å². The van der Waals surface area contributed by atoms with Crippen LogP contribution in [0.5, 0.6) is 5.75 Å². The van der Waals surface area contributed by atoms with E-state index >= 15 is 9.59 Å². The van der Waals surface area contributed by atoms with Gasteiger partial charge >= 0.3 is 30.5 Å². The summed E-state index contributed by atoms with van der Waals surface area (Å²) >= 11 is 0. The molecule has 10 aromatic carbocycles. The van der Waals surface area contributed by atoms with Gasteiger partial charge in [-0.3, -0.25) is 9.59 Å². The van der Waals surface area contributed by atoms with Crippen LogP contribution in [0.1, 0.15) is 179 Å². The minimum Gasteiger partial charge on any atom is -0.486 e. The highest BCUT2D eigenvalue weighted by molar-refractivity contribution is 6.29. The maximum Gasteiger partial charge on any atom is 0.417 e. The van der Waals surface area contributed by atoms with Crippen molar-refractivity contribution in [2.75, 3.05) is 19.8 Å². The summed E-state index contributed by atoms with van der Waals surface area (Å²) in [6.45, 7) is 16.7. The van der Waals surface area contributed by atoms with Gasteiger partial charge in [0.05, 0.1) is 23.2 Å². The molecule has 109 heavy (non-hydrogen) atoms. The normalized spacial score (nSPS) is 12.7. The molecule has 12 aromatic rings. The summed E-state index contributed by atoms with van der Waals surface area (Å²) in [5, 5.41) is 14.2. The lowest BCUT2D eigenvalue weighted by atomic mass is 9.88. The number of alkyl halides is 7. The number of ketones is 2. The number of nitrogens with zero attached hydrogens (tertiary/aromatic N) is 4. The summed E-state index contributed by atoms with van der Waals surface area (Å²) in [5.41, 5.74) is 10.2. The molecule has 564 valence electrons. The number of fused-ring (bicyclic) bond motifs is 10. The first-order valence-electron chi connectivity index (χ1n) is 37.1. The molecule has 0 aliphatic carbocycles. The van der Waals surface area contributed by atoms with E-state index in [4.69, 9.17) is 19.1 Å². The zero-order valence-electron chi connectivity index (χ0n) is 62.6. The molecule has 1 atom stereocenters. The van der Waals surface area contributed by atoms with Crippen molar-refractivity contribution in [1.82, 2.24) is 9.13 Å². The van der Waals surface area contributed by atoms with Crippen molar-refractivity contribution in [3.8, 4) is 5.75 Å². The number of hydrogen-bond donors (Lipinski definition) is 0. The lowest BCUT2D eigenvalue weighted by Gasteiger charge is -2.19. The maximum absolute atomic E-state index is 15.6. The second-order valence-electron chi connectivity index (χ2n) is 28.5. The highest BCUT2D eigenvalue weighted by Crippen LogP contribution is 2.43. The zero-order valence-corrected chi connectivity index (χ0v) is 62.6. The van der Waals surface area contributed by atoms with Gasteiger partial charge < -0.3 is 28.3 Å². The number of unbranched alkanes of at least 4 members (excludes halogenated alkanes) is 5. The molecule has 12 rings (SSSR count). The number of hydrogen-bond acceptors (Lipinski definition) is 10. The molecule has 0 aliphatic heterocycles. The molecule has 0 bridgehead atoms. The van der Waals surface area contributed by atoms with Crippen LogP contribution in [0.15, 0.2) is 180 Å². The van der Waals surface area contributed by atoms with Gasteiger partial charge in [0, 0.05) is 121 Å². The molecular weight excluding hydrogens is 1400 g/mol. The maximum atomic E-state index is 15.6. The Kier molecular flexibility index (Phi) is 23.8. The molecule has 2 aromatic heterocycles. The van der Waals surface area contributed by atoms with Crippen LogP contribution >= 0.6 is 0 Å². The van der Waals surface area contributed by atoms with Crippen LogP contribution in [0.4, 0.5) is 30.7 Å². The van der Waals surface area contributed by atoms with Crippen LogP contribution in [0, 0.1) is 40.5 Å². The van der Waals surface area contributed by atoms with Crippen molar-refractivity contribution in [2.45, 2.75) is 158 Å². The lowest BCUT2D eigenvalue weighted by molar-refractivity contribution is -0.148. The third kappa shape index (κ3) is 16.6. The average Bonchev–Trinajstić information content (AvgIpc) is 1.58. The second kappa shape index (κ2) is 33.4. The van der Waals surface area contributed by atoms with Crippen molar-refractivity contribution in [3.63, 3.8) is 0 Å². The molecule has 0 radical (unpaired) electrons. The molecule has 0 saturated carbocycles. The van der Waals surface area contributed by atoms with E-state index in [1.165, 1.54) is 36.4 Å². The number of carbonyl (C=O) groups excluding carboxylic acids is 4. The van der Waals surface area contributed by atoms with Gasteiger partial charge in [-0.15, -0.1) is 0 Å². The van der Waals surface area contributed by atoms with E-state index in [1.54, 1.807) is 24.3 Å². The molecule has 19 heteroatoms. The Balaban J connectivity index is 0.840. The summed E-state index contributed by atoms with van der Waals surface area (Å²) < 4.78 is 116. The van der Waals surface area contributed by atoms with Gasteiger partial charge in [0.1, 0.15) is 17.2 Å². The number of aryl methyl sites for hydroxylation is 6. The number of benzene rings is 10. The van der Waals surface area contributed by atoms with E-state index in [2.05, 4.69) is 45.4 Å². The SMILES string of the molecule is CCCCCCOCCn1c2ccc(/C(=N/OC(C)=O)c3ccccc3OCC(F)(F)C(F)F)cc2c2cc(C(=O)c3c(C)cc(CCCCCC(CC)Cn4c5ccc(/C(=N/OC(C)=O)c6ccccc6C(F)(F)F)cc5c5cc(C(=O)c6c(C)cc(C)cc6C)c6ccccc6c54)cc3C)c3ccccc3c21. The van der Waals surface area contributed by atoms with Crippen LogP contribution in [0.3, 0.4) is 0 Å². The van der Waals surface area contributed by atoms with Gasteiger partial charge in [-0.25, -0.2) is 18.4 Å². The fraction of sp³-hybridized carbons (Fsp3) is 0.311. The van der Waals surface area contributed by atoms with E-state index in [0.717, 1.165) is 167 Å². The van der Waals surface area contributed by atoms with Crippen molar-refractivity contribution in [1.29, 1.82) is 0 Å². The van der Waals surface area contributed by atoms with Crippen molar-refractivity contribution >= 4 is 100 Å². The molecule has 0 spiro atoms. The third-order valence-corrected chi connectivity index (χ3v) is 20.6. The topological polar surface area (TPSA) is 140 Å². The summed E-state index contributed by atoms with van der Waals surface area (Å²) in [4.78, 5) is 65.7. The molecule has 0 amide bonds. The predicted molar refractivity (Wildman–Crippen MR) is 417 cm³/mol. The van der Waals surface area contributed by atoms with Gasteiger partial charge in [-0.1, -0.05) is 184 Å². The quantitative estimate of drug-likeness (QED) is 0.0104. The summed E-state index contributed by atoms with van der Waals surface area (Å²) in [5.74, 6) is -6.40. The molecule has 1 unspecified atom stereocenters. The average molecular weight is 1490 g/mol. The number of rotatable bonds is 31. The fourth-order valence-corrected chi connectivity index (χ4v) is 15.6. The standard InChI is InChI=1S/C90H87F7N4O8/c1-10-12-13-25-41-106-42-40-100-77-38-36-63(83(99-109-59(9)103)69-33-22-24-35-79(69)107-52-89(93,94)88(91)92)48-70(77)72-49-74(64-28-17-19-30-66(64)84(72)100)87(105)81-56(6)45-61(46-57(81)7)27-16-14-15-26-60(11-2)51-101-78-39-37-62(82(98-108-58(8)102)68-32-21-23-34-76(68)90(95,96)97)47-71(78)73-50-75(65-29-18-20-31-67(65)85(73)101)86(104)80-54(4)43-53(3)44-55(80)5/h17-24,28-39,43-50,60,88H,10-16,25-27,40-42,51-52H2,1-9H3/b98-82-,99-83-. The molecule has 2 heterocycles. The van der Waals surface area contributed by atoms with Crippen molar-refractivity contribution < 1.29 is 69.1 Å². The van der Waals surface area contributed by atoms with Crippen LogP contribution < -0.4 is 4.74 Å². The van der Waals surface area contributed by atoms with Gasteiger partial charge in [0.15, 0.2) is 18.2 Å². The van der Waals surface area contributed by atoms with Crippen LogP contribution in [-0.2, 0) is 49.7 Å². The molecule has 0 aliphatic rings. The monoisotopic (exact) mass is 1480 g/mol. The van der Waals surface area contributed by atoms with Crippen molar-refractivity contribution in [3.05, 3.63) is 253 Å². The number of aromatic nitrogens is 2. The first-order chi connectivity index (χ1) is 52.3. The Hall–Kier alpha value is -10.8. The Morgan fingerprint density at radius 3 is 1.52 bits per heavy atom. The lowest BCUT2D eigenvalue weighted by Crippen LogP contribution is -2.34. The summed E-state index contributed by atoms with van der Waals surface area (Å²) in [6, 6.07) is 49.4. The minimum absolute atomic E-state index is 0.0000735. The van der Waals surface area contributed by atoms with Gasteiger partial charge in [-0.05, 0) is 159 Å². The summed E-state index contributed by atoms with van der Waals surface area (Å²) in [7, 11) is 0. The first kappa shape index (κ1) is 77.8. The molecular formula is C90H87F7N4O8. The number of ether oxygens (including phenoxy) is 2. The Morgan fingerprint density at radius 1 is 0.486 bits per heavy atom. The number of para-hydroxylation sites is 1. The smallest absolute Gasteiger partial charge is 0.417 e. The number of oxime groups is 2. The molecule has 0 N–H and O–H groups in total. The predicted octanol–water partition coefficient (Wildman–Crippen LogP) is 22.6. The van der Waals surface area contributed by atoms with Crippen LogP contribution in [0.25, 0.3) is 65.2 Å². The second-order valence-corrected chi connectivity index (χ2v) is 28.5. The zero-order chi connectivity index (χ0) is 77.6. The van der Waals surface area contributed by atoms with Gasteiger partial charge in [0.2, 0.25) is 0 Å². The Labute approximate surface area is 628 Å².